The molecule has 0 saturated carbocycles. The molecule has 0 radical (unpaired) electrons. The second kappa shape index (κ2) is 8.04. The fourth-order valence-corrected chi connectivity index (χ4v) is 2.02. The average molecular weight is 343 g/mol. The van der Waals surface area contributed by atoms with E-state index in [4.69, 9.17) is 29.6 Å². The van der Waals surface area contributed by atoms with E-state index in [0.717, 1.165) is 0 Å². The Morgan fingerprint density at radius 1 is 1.27 bits per heavy atom. The molecule has 3 unspecified atom stereocenters. The Balaban J connectivity index is 2.91. The lowest BCUT2D eigenvalue weighted by molar-refractivity contribution is -0.125. The molecule has 0 saturated heterocycles. The van der Waals surface area contributed by atoms with Gasteiger partial charge in [0, 0.05) is 5.02 Å². The molecule has 1 aromatic rings. The molecule has 0 aromatic heterocycles. The number of halogens is 2. The van der Waals surface area contributed by atoms with Crippen molar-refractivity contribution in [2.24, 2.45) is 0 Å². The van der Waals surface area contributed by atoms with Crippen molar-refractivity contribution in [1.29, 1.82) is 0 Å². The number of benzene rings is 1. The van der Waals surface area contributed by atoms with E-state index in [-0.39, 0.29) is 10.6 Å². The maximum absolute atomic E-state index is 12.2. The van der Waals surface area contributed by atoms with Crippen LogP contribution in [0.15, 0.2) is 18.2 Å². The predicted octanol–water partition coefficient (Wildman–Crippen LogP) is 1.61. The molecular formula is C15H16Cl2N2O3. The number of aliphatic hydroxyl groups is 1. The molecule has 0 spiro atoms. The predicted molar refractivity (Wildman–Crippen MR) is 85.8 cm³/mol. The van der Waals surface area contributed by atoms with E-state index in [1.54, 1.807) is 6.92 Å². The number of hydrogen-bond acceptors (Lipinski definition) is 3. The van der Waals surface area contributed by atoms with Gasteiger partial charge in [-0.3, -0.25) is 9.59 Å². The van der Waals surface area contributed by atoms with E-state index < -0.39 is 30.0 Å². The molecule has 3 N–H and O–H groups in total. The van der Waals surface area contributed by atoms with Gasteiger partial charge in [-0.2, -0.15) is 0 Å². The molecule has 7 heteroatoms. The molecule has 2 amide bonds. The zero-order valence-electron chi connectivity index (χ0n) is 12.1. The SMILES string of the molecule is C#CC(C)NC(=O)C(NC(=O)c1cc(Cl)ccc1Cl)C(C)O. The molecule has 118 valence electrons. The van der Waals surface area contributed by atoms with Crippen molar-refractivity contribution in [2.75, 3.05) is 0 Å². The summed E-state index contributed by atoms with van der Waals surface area (Å²) < 4.78 is 0. The summed E-state index contributed by atoms with van der Waals surface area (Å²) in [4.78, 5) is 24.2. The number of amides is 2. The van der Waals surface area contributed by atoms with Crippen LogP contribution in [-0.4, -0.2) is 35.1 Å². The molecule has 22 heavy (non-hydrogen) atoms. The Hall–Kier alpha value is -1.74. The Labute approximate surface area is 139 Å². The maximum Gasteiger partial charge on any atom is 0.253 e. The fraction of sp³-hybridized carbons (Fsp3) is 0.333. The molecule has 0 bridgehead atoms. The number of nitrogens with one attached hydrogen (secondary N) is 2. The molecule has 0 aliphatic heterocycles. The highest BCUT2D eigenvalue weighted by Gasteiger charge is 2.27. The second-order valence-electron chi connectivity index (χ2n) is 4.71. The van der Waals surface area contributed by atoms with Crippen molar-refractivity contribution >= 4 is 35.0 Å². The van der Waals surface area contributed by atoms with Gasteiger partial charge in [0.25, 0.3) is 5.91 Å². The van der Waals surface area contributed by atoms with Crippen LogP contribution in [0, 0.1) is 12.3 Å². The van der Waals surface area contributed by atoms with E-state index in [1.807, 2.05) is 0 Å². The summed E-state index contributed by atoms with van der Waals surface area (Å²) in [6, 6.07) is 2.68. The normalized spacial score (nSPS) is 14.4. The summed E-state index contributed by atoms with van der Waals surface area (Å²) in [6.45, 7) is 2.98. The highest BCUT2D eigenvalue weighted by atomic mass is 35.5. The molecule has 1 rings (SSSR count). The van der Waals surface area contributed by atoms with Crippen LogP contribution >= 0.6 is 23.2 Å². The van der Waals surface area contributed by atoms with Crippen molar-refractivity contribution in [3.8, 4) is 12.3 Å². The van der Waals surface area contributed by atoms with Gasteiger partial charge in [-0.1, -0.05) is 29.1 Å². The van der Waals surface area contributed by atoms with Crippen LogP contribution in [0.5, 0.6) is 0 Å². The standard InChI is InChI=1S/C15H16Cl2N2O3/c1-4-8(2)18-15(22)13(9(3)20)19-14(21)11-7-10(16)5-6-12(11)17/h1,5-9,13,20H,2-3H3,(H,18,22)(H,19,21). The summed E-state index contributed by atoms with van der Waals surface area (Å²) in [5.74, 6) is 1.11. The lowest BCUT2D eigenvalue weighted by Crippen LogP contribution is -2.53. The van der Waals surface area contributed by atoms with Gasteiger partial charge < -0.3 is 15.7 Å². The Kier molecular flexibility index (Phi) is 6.69. The zero-order valence-corrected chi connectivity index (χ0v) is 13.6. The van der Waals surface area contributed by atoms with Crippen LogP contribution in [0.4, 0.5) is 0 Å². The maximum atomic E-state index is 12.2. The van der Waals surface area contributed by atoms with E-state index in [1.165, 1.54) is 25.1 Å². The van der Waals surface area contributed by atoms with Crippen molar-refractivity contribution in [3.63, 3.8) is 0 Å². The summed E-state index contributed by atoms with van der Waals surface area (Å²) >= 11 is 11.8. The number of aliphatic hydroxyl groups excluding tert-OH is 1. The number of carbonyl (C=O) groups excluding carboxylic acids is 2. The van der Waals surface area contributed by atoms with E-state index in [9.17, 15) is 14.7 Å². The Bertz CT molecular complexity index is 611. The van der Waals surface area contributed by atoms with Crippen molar-refractivity contribution in [2.45, 2.75) is 32.0 Å². The van der Waals surface area contributed by atoms with Crippen LogP contribution in [0.1, 0.15) is 24.2 Å². The van der Waals surface area contributed by atoms with Crippen molar-refractivity contribution in [1.82, 2.24) is 10.6 Å². The van der Waals surface area contributed by atoms with Gasteiger partial charge in [0.1, 0.15) is 6.04 Å². The number of terminal acetylenes is 1. The minimum atomic E-state index is -1.17. The largest absolute Gasteiger partial charge is 0.391 e. The third kappa shape index (κ3) is 4.92. The Morgan fingerprint density at radius 3 is 2.45 bits per heavy atom. The van der Waals surface area contributed by atoms with Gasteiger partial charge in [0.05, 0.1) is 22.7 Å². The fourth-order valence-electron chi connectivity index (χ4n) is 1.64. The monoisotopic (exact) mass is 342 g/mol. The third-order valence-electron chi connectivity index (χ3n) is 2.83. The smallest absolute Gasteiger partial charge is 0.253 e. The first-order chi connectivity index (χ1) is 10.3. The first-order valence-corrected chi connectivity index (χ1v) is 7.22. The number of hydrogen-bond donors (Lipinski definition) is 3. The van der Waals surface area contributed by atoms with Crippen molar-refractivity contribution < 1.29 is 14.7 Å². The molecule has 1 aromatic carbocycles. The van der Waals surface area contributed by atoms with Crippen LogP contribution in [0.25, 0.3) is 0 Å². The average Bonchev–Trinajstić information content (AvgIpc) is 2.46. The summed E-state index contributed by atoms with van der Waals surface area (Å²) in [5, 5.41) is 15.1. The lowest BCUT2D eigenvalue weighted by Gasteiger charge is -2.22. The molecule has 5 nitrogen and oxygen atoms in total. The quantitative estimate of drug-likeness (QED) is 0.711. The highest BCUT2D eigenvalue weighted by molar-refractivity contribution is 6.35. The van der Waals surface area contributed by atoms with Gasteiger partial charge in [0.15, 0.2) is 0 Å². The molecule has 0 heterocycles. The van der Waals surface area contributed by atoms with E-state index in [0.29, 0.717) is 5.02 Å². The zero-order chi connectivity index (χ0) is 16.9. The van der Waals surface area contributed by atoms with Crippen LogP contribution in [-0.2, 0) is 4.79 Å². The summed E-state index contributed by atoms with van der Waals surface area (Å²) in [5.41, 5.74) is 0.109. The highest BCUT2D eigenvalue weighted by Crippen LogP contribution is 2.20. The minimum absolute atomic E-state index is 0.109. The van der Waals surface area contributed by atoms with E-state index in [2.05, 4.69) is 16.6 Å². The molecule has 0 aliphatic carbocycles. The summed E-state index contributed by atoms with van der Waals surface area (Å²) in [6.07, 6.45) is 4.06. The molecule has 3 atom stereocenters. The molecule has 0 aliphatic rings. The van der Waals surface area contributed by atoms with Gasteiger partial charge in [-0.15, -0.1) is 6.42 Å². The van der Waals surface area contributed by atoms with Crippen LogP contribution < -0.4 is 10.6 Å². The summed E-state index contributed by atoms with van der Waals surface area (Å²) in [7, 11) is 0. The first-order valence-electron chi connectivity index (χ1n) is 6.46. The van der Waals surface area contributed by atoms with Crippen molar-refractivity contribution in [3.05, 3.63) is 33.8 Å². The topological polar surface area (TPSA) is 78.4 Å². The van der Waals surface area contributed by atoms with E-state index >= 15 is 0 Å². The second-order valence-corrected chi connectivity index (χ2v) is 5.56. The number of carbonyl (C=O) groups is 2. The lowest BCUT2D eigenvalue weighted by atomic mass is 10.1. The Morgan fingerprint density at radius 2 is 1.91 bits per heavy atom. The van der Waals surface area contributed by atoms with Crippen LogP contribution in [0.2, 0.25) is 10.0 Å². The third-order valence-corrected chi connectivity index (χ3v) is 3.40. The van der Waals surface area contributed by atoms with Gasteiger partial charge in [0.2, 0.25) is 5.91 Å². The molecule has 0 fully saturated rings. The van der Waals surface area contributed by atoms with Crippen LogP contribution in [0.3, 0.4) is 0 Å². The first kappa shape index (κ1) is 18.3. The van der Waals surface area contributed by atoms with Gasteiger partial charge in [-0.25, -0.2) is 0 Å². The number of rotatable bonds is 5. The van der Waals surface area contributed by atoms with Gasteiger partial charge in [-0.05, 0) is 32.0 Å². The minimum Gasteiger partial charge on any atom is -0.391 e. The van der Waals surface area contributed by atoms with Gasteiger partial charge >= 0.3 is 0 Å². The molecular weight excluding hydrogens is 327 g/mol.